The first-order chi connectivity index (χ1) is 9.19. The van der Waals surface area contributed by atoms with Crippen LogP contribution in [-0.2, 0) is 25.4 Å². The van der Waals surface area contributed by atoms with Crippen LogP contribution in [0.25, 0.3) is 0 Å². The Morgan fingerprint density at radius 3 is 2.74 bits per heavy atom. The van der Waals surface area contributed by atoms with Gasteiger partial charge in [0.2, 0.25) is 0 Å². The van der Waals surface area contributed by atoms with E-state index in [1.54, 1.807) is 14.2 Å². The fraction of sp³-hybridized carbons (Fsp3) is 0.500. The molecule has 5 heteroatoms. The molecular weight excluding hydrogens is 246 g/mol. The Labute approximate surface area is 112 Å². The van der Waals surface area contributed by atoms with E-state index in [2.05, 4.69) is 5.32 Å². The number of hydrogen-bond donors (Lipinski definition) is 1. The molecular formula is C14H19NO4. The molecule has 104 valence electrons. The summed E-state index contributed by atoms with van der Waals surface area (Å²) in [5, 5.41) is 3.22. The normalized spacial score (nSPS) is 16.7. The zero-order valence-corrected chi connectivity index (χ0v) is 11.4. The van der Waals surface area contributed by atoms with Crippen LogP contribution in [-0.4, -0.2) is 40.1 Å². The summed E-state index contributed by atoms with van der Waals surface area (Å²) in [6.07, 6.45) is 0.476. The highest BCUT2D eigenvalue weighted by Crippen LogP contribution is 2.37. The largest absolute Gasteiger partial charge is 0.469 e. The third-order valence-corrected chi connectivity index (χ3v) is 3.43. The highest BCUT2D eigenvalue weighted by atomic mass is 16.7. The number of rotatable bonds is 6. The molecule has 19 heavy (non-hydrogen) atoms. The average Bonchev–Trinajstić information content (AvgIpc) is 2.42. The summed E-state index contributed by atoms with van der Waals surface area (Å²) >= 11 is 0. The Kier molecular flexibility index (Phi) is 4.39. The van der Waals surface area contributed by atoms with Crippen LogP contribution in [0.2, 0.25) is 0 Å². The van der Waals surface area contributed by atoms with E-state index < -0.39 is 0 Å². The van der Waals surface area contributed by atoms with Gasteiger partial charge in [0.05, 0.1) is 19.6 Å². The van der Waals surface area contributed by atoms with E-state index in [1.165, 1.54) is 12.7 Å². The molecule has 0 heterocycles. The van der Waals surface area contributed by atoms with Gasteiger partial charge in [0, 0.05) is 19.9 Å². The number of carbonyl (C=O) groups excluding carboxylic acids is 1. The molecule has 0 amide bonds. The standard InChI is InChI=1S/C14H19NO4/c1-17-13(18-2)8-15-10-5-4-9-6-12(11(9)7-10)14(16)19-3/h4-5,7,12-13,15H,6,8H2,1-3H3. The van der Waals surface area contributed by atoms with Gasteiger partial charge >= 0.3 is 5.97 Å². The van der Waals surface area contributed by atoms with E-state index >= 15 is 0 Å². The maximum absolute atomic E-state index is 11.5. The van der Waals surface area contributed by atoms with Crippen molar-refractivity contribution in [2.45, 2.75) is 18.6 Å². The number of carbonyl (C=O) groups is 1. The average molecular weight is 265 g/mol. The van der Waals surface area contributed by atoms with Crippen LogP contribution in [0.1, 0.15) is 17.0 Å². The van der Waals surface area contributed by atoms with E-state index in [-0.39, 0.29) is 18.2 Å². The van der Waals surface area contributed by atoms with Gasteiger partial charge in [-0.3, -0.25) is 4.79 Å². The van der Waals surface area contributed by atoms with Crippen molar-refractivity contribution in [3.63, 3.8) is 0 Å². The predicted molar refractivity (Wildman–Crippen MR) is 71.2 cm³/mol. The van der Waals surface area contributed by atoms with Crippen LogP contribution in [0.5, 0.6) is 0 Å². The van der Waals surface area contributed by atoms with Crippen molar-refractivity contribution < 1.29 is 19.0 Å². The molecule has 0 spiro atoms. The second kappa shape index (κ2) is 6.04. The molecule has 1 aliphatic carbocycles. The maximum Gasteiger partial charge on any atom is 0.313 e. The number of anilines is 1. The molecule has 0 bridgehead atoms. The molecule has 1 aromatic rings. The van der Waals surface area contributed by atoms with Gasteiger partial charge in [0.25, 0.3) is 0 Å². The third kappa shape index (κ3) is 2.88. The van der Waals surface area contributed by atoms with E-state index in [0.29, 0.717) is 6.54 Å². The molecule has 0 saturated carbocycles. The molecule has 1 unspecified atom stereocenters. The van der Waals surface area contributed by atoms with E-state index in [4.69, 9.17) is 14.2 Å². The molecule has 1 aliphatic rings. The summed E-state index contributed by atoms with van der Waals surface area (Å²) in [5.41, 5.74) is 3.20. The molecule has 2 rings (SSSR count). The smallest absolute Gasteiger partial charge is 0.313 e. The zero-order chi connectivity index (χ0) is 13.8. The molecule has 5 nitrogen and oxygen atoms in total. The predicted octanol–water partition coefficient (Wildman–Crippen LogP) is 1.53. The van der Waals surface area contributed by atoms with Crippen LogP contribution in [0, 0.1) is 0 Å². The summed E-state index contributed by atoms with van der Waals surface area (Å²) in [6, 6.07) is 6.02. The molecule has 1 aromatic carbocycles. The minimum Gasteiger partial charge on any atom is -0.469 e. The number of methoxy groups -OCH3 is 3. The van der Waals surface area contributed by atoms with Gasteiger partial charge < -0.3 is 19.5 Å². The van der Waals surface area contributed by atoms with Crippen molar-refractivity contribution in [3.8, 4) is 0 Å². The summed E-state index contributed by atoms with van der Waals surface area (Å²) in [7, 11) is 4.62. The van der Waals surface area contributed by atoms with Crippen molar-refractivity contribution >= 4 is 11.7 Å². The van der Waals surface area contributed by atoms with E-state index in [0.717, 1.165) is 17.7 Å². The molecule has 0 fully saturated rings. The Hall–Kier alpha value is -1.59. The van der Waals surface area contributed by atoms with E-state index in [9.17, 15) is 4.79 Å². The van der Waals surface area contributed by atoms with Gasteiger partial charge in [0.15, 0.2) is 6.29 Å². The summed E-state index contributed by atoms with van der Waals surface area (Å²) in [4.78, 5) is 11.5. The second-order valence-corrected chi connectivity index (χ2v) is 4.48. The van der Waals surface area contributed by atoms with Gasteiger partial charge in [-0.2, -0.15) is 0 Å². The van der Waals surface area contributed by atoms with Crippen molar-refractivity contribution in [2.24, 2.45) is 0 Å². The number of hydrogen-bond acceptors (Lipinski definition) is 5. The lowest BCUT2D eigenvalue weighted by atomic mass is 9.77. The molecule has 0 saturated heterocycles. The van der Waals surface area contributed by atoms with Crippen LogP contribution in [0.3, 0.4) is 0 Å². The first kappa shape index (κ1) is 13.8. The van der Waals surface area contributed by atoms with Crippen LogP contribution < -0.4 is 5.32 Å². The Balaban J connectivity index is 2.01. The van der Waals surface area contributed by atoms with Crippen molar-refractivity contribution in [1.29, 1.82) is 0 Å². The number of fused-ring (bicyclic) bond motifs is 1. The monoisotopic (exact) mass is 265 g/mol. The summed E-state index contributed by atoms with van der Waals surface area (Å²) in [6.45, 7) is 0.550. The van der Waals surface area contributed by atoms with Crippen molar-refractivity contribution in [3.05, 3.63) is 29.3 Å². The lowest BCUT2D eigenvalue weighted by molar-refractivity contribution is -0.143. The second-order valence-electron chi connectivity index (χ2n) is 4.48. The lowest BCUT2D eigenvalue weighted by Crippen LogP contribution is -2.27. The highest BCUT2D eigenvalue weighted by molar-refractivity contribution is 5.82. The van der Waals surface area contributed by atoms with Gasteiger partial charge in [-0.25, -0.2) is 0 Å². The number of nitrogens with one attached hydrogen (secondary N) is 1. The number of benzene rings is 1. The van der Waals surface area contributed by atoms with E-state index in [1.807, 2.05) is 18.2 Å². The number of ether oxygens (including phenoxy) is 3. The maximum atomic E-state index is 11.5. The summed E-state index contributed by atoms with van der Waals surface area (Å²) in [5.74, 6) is -0.293. The lowest BCUT2D eigenvalue weighted by Gasteiger charge is -2.28. The SMILES string of the molecule is COC(=O)C1Cc2ccc(NCC(OC)OC)cc21. The topological polar surface area (TPSA) is 56.8 Å². The highest BCUT2D eigenvalue weighted by Gasteiger charge is 2.33. The van der Waals surface area contributed by atoms with Crippen molar-refractivity contribution in [2.75, 3.05) is 33.2 Å². The van der Waals surface area contributed by atoms with Crippen LogP contribution >= 0.6 is 0 Å². The number of esters is 1. The molecule has 1 atom stereocenters. The minimum absolute atomic E-state index is 0.123. The Morgan fingerprint density at radius 1 is 1.37 bits per heavy atom. The Morgan fingerprint density at radius 2 is 2.11 bits per heavy atom. The molecule has 0 radical (unpaired) electrons. The van der Waals surface area contributed by atoms with Gasteiger partial charge in [-0.1, -0.05) is 6.07 Å². The summed E-state index contributed by atoms with van der Waals surface area (Å²) < 4.78 is 15.0. The van der Waals surface area contributed by atoms with Gasteiger partial charge in [-0.05, 0) is 29.7 Å². The van der Waals surface area contributed by atoms with Gasteiger partial charge in [0.1, 0.15) is 0 Å². The molecule has 0 aliphatic heterocycles. The van der Waals surface area contributed by atoms with Crippen molar-refractivity contribution in [1.82, 2.24) is 0 Å². The Bertz CT molecular complexity index is 457. The fourth-order valence-electron chi connectivity index (χ4n) is 2.23. The third-order valence-electron chi connectivity index (χ3n) is 3.43. The molecule has 1 N–H and O–H groups in total. The zero-order valence-electron chi connectivity index (χ0n) is 11.4. The molecule has 0 aromatic heterocycles. The fourth-order valence-corrected chi connectivity index (χ4v) is 2.23. The van der Waals surface area contributed by atoms with Crippen LogP contribution in [0.15, 0.2) is 18.2 Å². The minimum atomic E-state index is -0.289. The van der Waals surface area contributed by atoms with Crippen LogP contribution in [0.4, 0.5) is 5.69 Å². The quantitative estimate of drug-likeness (QED) is 0.624. The first-order valence-corrected chi connectivity index (χ1v) is 6.19. The first-order valence-electron chi connectivity index (χ1n) is 6.19. The van der Waals surface area contributed by atoms with Gasteiger partial charge in [-0.15, -0.1) is 0 Å².